The Labute approximate surface area is 129 Å². The summed E-state index contributed by atoms with van der Waals surface area (Å²) in [5.74, 6) is 0. The Morgan fingerprint density at radius 2 is 2.05 bits per heavy atom. The summed E-state index contributed by atoms with van der Waals surface area (Å²) in [6.07, 6.45) is 4.60. The minimum Gasteiger partial charge on any atom is -0.445 e. The number of hydrogen-bond donors (Lipinski definition) is 1. The molecule has 0 aliphatic heterocycles. The summed E-state index contributed by atoms with van der Waals surface area (Å²) < 4.78 is 5.12. The van der Waals surface area contributed by atoms with Gasteiger partial charge in [0.05, 0.1) is 0 Å². The van der Waals surface area contributed by atoms with Crippen molar-refractivity contribution in [2.45, 2.75) is 20.0 Å². The number of benzene rings is 1. The predicted octanol–water partition coefficient (Wildman–Crippen LogP) is 4.25. The van der Waals surface area contributed by atoms with Crippen molar-refractivity contribution >= 4 is 23.5 Å². The number of thiophene rings is 1. The van der Waals surface area contributed by atoms with Crippen LogP contribution in [0.25, 0.3) is 6.08 Å². The van der Waals surface area contributed by atoms with E-state index < -0.39 is 6.09 Å². The first-order valence-corrected chi connectivity index (χ1v) is 7.79. The van der Waals surface area contributed by atoms with Gasteiger partial charge in [-0.2, -0.15) is 0 Å². The Bertz CT molecular complexity index is 590. The highest BCUT2D eigenvalue weighted by atomic mass is 32.1. The molecule has 0 unspecified atom stereocenters. The maximum atomic E-state index is 11.5. The summed E-state index contributed by atoms with van der Waals surface area (Å²) >= 11 is 1.77. The van der Waals surface area contributed by atoms with Gasteiger partial charge >= 0.3 is 6.09 Å². The van der Waals surface area contributed by atoms with Crippen molar-refractivity contribution in [3.8, 4) is 0 Å². The fraction of sp³-hybridized carbons (Fsp3) is 0.235. The number of rotatable bonds is 6. The van der Waals surface area contributed by atoms with E-state index in [0.29, 0.717) is 13.2 Å². The molecule has 0 aliphatic carbocycles. The highest BCUT2D eigenvalue weighted by Crippen LogP contribution is 2.17. The van der Waals surface area contributed by atoms with Gasteiger partial charge in [0.15, 0.2) is 0 Å². The number of carbonyl (C=O) groups is 1. The summed E-state index contributed by atoms with van der Waals surface area (Å²) in [6.45, 7) is 2.90. The maximum Gasteiger partial charge on any atom is 0.407 e. The molecule has 0 aliphatic rings. The van der Waals surface area contributed by atoms with Crippen LogP contribution in [0.2, 0.25) is 0 Å². The van der Waals surface area contributed by atoms with Crippen LogP contribution in [0.3, 0.4) is 0 Å². The molecule has 2 aromatic rings. The van der Waals surface area contributed by atoms with Crippen LogP contribution in [0.4, 0.5) is 4.79 Å². The Morgan fingerprint density at radius 1 is 1.24 bits per heavy atom. The molecule has 4 heteroatoms. The van der Waals surface area contributed by atoms with E-state index in [2.05, 4.69) is 24.4 Å². The molecule has 3 nitrogen and oxygen atoms in total. The van der Waals surface area contributed by atoms with E-state index in [9.17, 15) is 4.79 Å². The van der Waals surface area contributed by atoms with E-state index >= 15 is 0 Å². The van der Waals surface area contributed by atoms with Crippen LogP contribution < -0.4 is 5.32 Å². The lowest BCUT2D eigenvalue weighted by Crippen LogP contribution is -2.24. The third-order valence-corrected chi connectivity index (χ3v) is 4.08. The lowest BCUT2D eigenvalue weighted by Gasteiger charge is -2.05. The molecule has 0 radical (unpaired) electrons. The van der Waals surface area contributed by atoms with Crippen molar-refractivity contribution in [3.05, 3.63) is 63.9 Å². The van der Waals surface area contributed by atoms with Gasteiger partial charge in [0.1, 0.15) is 6.61 Å². The zero-order valence-corrected chi connectivity index (χ0v) is 12.9. The molecular formula is C17H19NO2S. The highest BCUT2D eigenvalue weighted by Gasteiger charge is 2.00. The van der Waals surface area contributed by atoms with Gasteiger partial charge in [-0.15, -0.1) is 11.3 Å². The second-order valence-electron chi connectivity index (χ2n) is 4.50. The number of hydrogen-bond acceptors (Lipinski definition) is 3. The molecule has 0 bridgehead atoms. The number of alkyl carbamates (subject to hydrolysis) is 1. The molecule has 1 N–H and O–H groups in total. The number of carbonyl (C=O) groups excluding carboxylic acids is 1. The highest BCUT2D eigenvalue weighted by molar-refractivity contribution is 7.12. The topological polar surface area (TPSA) is 38.3 Å². The van der Waals surface area contributed by atoms with Gasteiger partial charge in [-0.3, -0.25) is 0 Å². The van der Waals surface area contributed by atoms with Gasteiger partial charge in [0, 0.05) is 16.3 Å². The smallest absolute Gasteiger partial charge is 0.407 e. The average Bonchev–Trinajstić information content (AvgIpc) is 2.98. The lowest BCUT2D eigenvalue weighted by atomic mass is 10.2. The van der Waals surface area contributed by atoms with E-state index in [4.69, 9.17) is 4.74 Å². The van der Waals surface area contributed by atoms with Crippen molar-refractivity contribution in [3.63, 3.8) is 0 Å². The molecule has 21 heavy (non-hydrogen) atoms. The summed E-state index contributed by atoms with van der Waals surface area (Å²) in [6, 6.07) is 13.9. The summed E-state index contributed by atoms with van der Waals surface area (Å²) in [5.41, 5.74) is 0.980. The SMILES string of the molecule is CCc1ccc(C=CCNC(=O)OCc2ccccc2)s1. The largest absolute Gasteiger partial charge is 0.445 e. The van der Waals surface area contributed by atoms with Crippen molar-refractivity contribution < 1.29 is 9.53 Å². The summed E-state index contributed by atoms with van der Waals surface area (Å²) in [4.78, 5) is 14.1. The van der Waals surface area contributed by atoms with Crippen LogP contribution in [0.1, 0.15) is 22.2 Å². The molecule has 0 saturated heterocycles. The molecule has 1 amide bonds. The van der Waals surface area contributed by atoms with Gasteiger partial charge in [-0.05, 0) is 30.2 Å². The molecule has 0 spiro atoms. The lowest BCUT2D eigenvalue weighted by molar-refractivity contribution is 0.141. The van der Waals surface area contributed by atoms with Crippen LogP contribution in [-0.4, -0.2) is 12.6 Å². The van der Waals surface area contributed by atoms with Crippen molar-refractivity contribution in [2.75, 3.05) is 6.54 Å². The average molecular weight is 301 g/mol. The first kappa shape index (κ1) is 15.3. The molecule has 2 rings (SSSR count). The minimum absolute atomic E-state index is 0.293. The normalized spacial score (nSPS) is 10.7. The Balaban J connectivity index is 1.67. The molecule has 0 atom stereocenters. The third kappa shape index (κ3) is 5.44. The standard InChI is InChI=1S/C17H19NO2S/c1-2-15-10-11-16(21-15)9-6-12-18-17(19)20-13-14-7-4-3-5-8-14/h3-11H,2,12-13H2,1H3,(H,18,19). The summed E-state index contributed by atoms with van der Waals surface area (Å²) in [5, 5.41) is 2.70. The Hall–Kier alpha value is -2.07. The molecule has 0 saturated carbocycles. The van der Waals surface area contributed by atoms with Crippen molar-refractivity contribution in [1.82, 2.24) is 5.32 Å². The van der Waals surface area contributed by atoms with E-state index in [1.165, 1.54) is 9.75 Å². The maximum absolute atomic E-state index is 11.5. The summed E-state index contributed by atoms with van der Waals surface area (Å²) in [7, 11) is 0. The van der Waals surface area contributed by atoms with Gasteiger partial charge in [0.2, 0.25) is 0 Å². The van der Waals surface area contributed by atoms with Crippen LogP contribution in [-0.2, 0) is 17.8 Å². The first-order valence-electron chi connectivity index (χ1n) is 6.97. The zero-order chi connectivity index (χ0) is 14.9. The van der Waals surface area contributed by atoms with Gasteiger partial charge < -0.3 is 10.1 Å². The Morgan fingerprint density at radius 3 is 2.76 bits per heavy atom. The second-order valence-corrected chi connectivity index (χ2v) is 5.70. The van der Waals surface area contributed by atoms with Gasteiger partial charge in [-0.1, -0.05) is 43.3 Å². The molecule has 1 aromatic heterocycles. The third-order valence-electron chi connectivity index (χ3n) is 2.89. The fourth-order valence-corrected chi connectivity index (χ4v) is 2.65. The molecular weight excluding hydrogens is 282 g/mol. The van der Waals surface area contributed by atoms with E-state index in [-0.39, 0.29) is 0 Å². The van der Waals surface area contributed by atoms with Crippen LogP contribution in [0, 0.1) is 0 Å². The molecule has 0 fully saturated rings. The fourth-order valence-electron chi connectivity index (χ4n) is 1.77. The number of nitrogens with one attached hydrogen (secondary N) is 1. The van der Waals surface area contributed by atoms with Crippen LogP contribution in [0.15, 0.2) is 48.5 Å². The van der Waals surface area contributed by atoms with E-state index in [1.54, 1.807) is 11.3 Å². The number of ether oxygens (including phenoxy) is 1. The zero-order valence-electron chi connectivity index (χ0n) is 12.0. The monoisotopic (exact) mass is 301 g/mol. The second kappa shape index (κ2) is 8.27. The first-order chi connectivity index (χ1) is 10.3. The molecule has 1 aromatic carbocycles. The minimum atomic E-state index is -0.399. The number of amides is 1. The van der Waals surface area contributed by atoms with E-state index in [0.717, 1.165) is 12.0 Å². The predicted molar refractivity (Wildman–Crippen MR) is 87.4 cm³/mol. The quantitative estimate of drug-likeness (QED) is 0.866. The van der Waals surface area contributed by atoms with Crippen LogP contribution in [0.5, 0.6) is 0 Å². The van der Waals surface area contributed by atoms with E-state index in [1.807, 2.05) is 42.5 Å². The van der Waals surface area contributed by atoms with Gasteiger partial charge in [0.25, 0.3) is 0 Å². The van der Waals surface area contributed by atoms with Crippen LogP contribution >= 0.6 is 11.3 Å². The van der Waals surface area contributed by atoms with Gasteiger partial charge in [-0.25, -0.2) is 4.79 Å². The van der Waals surface area contributed by atoms with Crippen molar-refractivity contribution in [2.24, 2.45) is 0 Å². The Kier molecular flexibility index (Phi) is 6.03. The van der Waals surface area contributed by atoms with Crippen molar-refractivity contribution in [1.29, 1.82) is 0 Å². The number of aryl methyl sites for hydroxylation is 1. The molecule has 110 valence electrons. The molecule has 1 heterocycles.